The molecular formula is C17H28N2O2. The standard InChI is InChI=1S/C17H28N2O2/c1-14(5-4-10-20)18-11-17(21)13-19-9-8-15-6-2-3-7-16(15)12-19/h2-3,6-7,14,17-18,20-21H,4-5,8-13H2,1H3. The zero-order valence-corrected chi connectivity index (χ0v) is 13.0. The van der Waals surface area contributed by atoms with E-state index >= 15 is 0 Å². The molecule has 0 bridgehead atoms. The van der Waals surface area contributed by atoms with Gasteiger partial charge in [0.05, 0.1) is 6.10 Å². The van der Waals surface area contributed by atoms with Gasteiger partial charge in [-0.2, -0.15) is 0 Å². The maximum atomic E-state index is 10.2. The maximum Gasteiger partial charge on any atom is 0.0791 e. The van der Waals surface area contributed by atoms with Crippen LogP contribution in [0.1, 0.15) is 30.9 Å². The van der Waals surface area contributed by atoms with Gasteiger partial charge in [-0.1, -0.05) is 24.3 Å². The Hall–Kier alpha value is -0.940. The van der Waals surface area contributed by atoms with Gasteiger partial charge >= 0.3 is 0 Å². The highest BCUT2D eigenvalue weighted by Gasteiger charge is 2.18. The fraction of sp³-hybridized carbons (Fsp3) is 0.647. The van der Waals surface area contributed by atoms with E-state index in [1.165, 1.54) is 11.1 Å². The number of hydrogen-bond donors (Lipinski definition) is 3. The average molecular weight is 292 g/mol. The predicted octanol–water partition coefficient (Wildman–Crippen LogP) is 1.16. The lowest BCUT2D eigenvalue weighted by molar-refractivity contribution is 0.102. The van der Waals surface area contributed by atoms with Crippen LogP contribution < -0.4 is 5.32 Å². The van der Waals surface area contributed by atoms with Gasteiger partial charge in [0.25, 0.3) is 0 Å². The van der Waals surface area contributed by atoms with Crippen molar-refractivity contribution in [2.24, 2.45) is 0 Å². The van der Waals surface area contributed by atoms with E-state index < -0.39 is 0 Å². The van der Waals surface area contributed by atoms with Crippen molar-refractivity contribution < 1.29 is 10.2 Å². The Morgan fingerprint density at radius 3 is 2.81 bits per heavy atom. The molecule has 1 aromatic rings. The number of nitrogens with zero attached hydrogens (tertiary/aromatic N) is 1. The summed E-state index contributed by atoms with van der Waals surface area (Å²) in [5.74, 6) is 0. The van der Waals surface area contributed by atoms with Gasteiger partial charge in [0.2, 0.25) is 0 Å². The Morgan fingerprint density at radius 1 is 1.29 bits per heavy atom. The van der Waals surface area contributed by atoms with Gasteiger partial charge in [-0.25, -0.2) is 0 Å². The quantitative estimate of drug-likeness (QED) is 0.673. The molecule has 2 unspecified atom stereocenters. The van der Waals surface area contributed by atoms with Crippen LogP contribution >= 0.6 is 0 Å². The molecule has 21 heavy (non-hydrogen) atoms. The Labute approximate surface area is 127 Å². The summed E-state index contributed by atoms with van der Waals surface area (Å²) >= 11 is 0. The van der Waals surface area contributed by atoms with E-state index in [0.29, 0.717) is 19.1 Å². The predicted molar refractivity (Wildman–Crippen MR) is 85.2 cm³/mol. The Balaban J connectivity index is 1.70. The molecule has 0 aromatic heterocycles. The Kier molecular flexibility index (Phi) is 6.64. The second-order valence-corrected chi connectivity index (χ2v) is 6.08. The van der Waals surface area contributed by atoms with Gasteiger partial charge in [-0.3, -0.25) is 4.90 Å². The molecule has 2 rings (SSSR count). The molecule has 0 amide bonds. The van der Waals surface area contributed by atoms with Crippen molar-refractivity contribution in [3.8, 4) is 0 Å². The molecular weight excluding hydrogens is 264 g/mol. The second-order valence-electron chi connectivity index (χ2n) is 6.08. The molecule has 1 heterocycles. The van der Waals surface area contributed by atoms with E-state index in [9.17, 15) is 5.11 Å². The normalized spacial score (nSPS) is 18.2. The van der Waals surface area contributed by atoms with Gasteiger partial charge in [0.1, 0.15) is 0 Å². The molecule has 118 valence electrons. The van der Waals surface area contributed by atoms with Crippen molar-refractivity contribution >= 4 is 0 Å². The zero-order valence-electron chi connectivity index (χ0n) is 13.0. The lowest BCUT2D eigenvalue weighted by Gasteiger charge is -2.30. The number of hydrogen-bond acceptors (Lipinski definition) is 4. The maximum absolute atomic E-state index is 10.2. The van der Waals surface area contributed by atoms with Gasteiger partial charge < -0.3 is 15.5 Å². The summed E-state index contributed by atoms with van der Waals surface area (Å²) in [6.45, 7) is 5.63. The lowest BCUT2D eigenvalue weighted by Crippen LogP contribution is -2.42. The number of rotatable bonds is 8. The Bertz CT molecular complexity index is 425. The van der Waals surface area contributed by atoms with Crippen LogP contribution in [0.5, 0.6) is 0 Å². The van der Waals surface area contributed by atoms with Crippen LogP contribution in [0, 0.1) is 0 Å². The molecule has 2 atom stereocenters. The van der Waals surface area contributed by atoms with Crippen molar-refractivity contribution in [3.63, 3.8) is 0 Å². The molecule has 0 saturated carbocycles. The Morgan fingerprint density at radius 2 is 2.05 bits per heavy atom. The third kappa shape index (κ3) is 5.40. The molecule has 4 nitrogen and oxygen atoms in total. The number of aliphatic hydroxyl groups is 2. The van der Waals surface area contributed by atoms with Crippen LogP contribution in [0.4, 0.5) is 0 Å². The number of benzene rings is 1. The number of β-amino-alcohol motifs (C(OH)–C–C–N with tert-alkyl or cyclic N) is 1. The summed E-state index contributed by atoms with van der Waals surface area (Å²) in [6.07, 6.45) is 2.49. The molecule has 1 aliphatic rings. The van der Waals surface area contributed by atoms with Crippen molar-refractivity contribution in [3.05, 3.63) is 35.4 Å². The van der Waals surface area contributed by atoms with Crippen molar-refractivity contribution in [1.29, 1.82) is 0 Å². The van der Waals surface area contributed by atoms with E-state index in [4.69, 9.17) is 5.11 Å². The van der Waals surface area contributed by atoms with Gasteiger partial charge in [0, 0.05) is 38.8 Å². The zero-order chi connectivity index (χ0) is 15.1. The van der Waals surface area contributed by atoms with E-state index in [1.54, 1.807) is 0 Å². The van der Waals surface area contributed by atoms with Crippen LogP contribution in [-0.4, -0.2) is 53.5 Å². The fourth-order valence-corrected chi connectivity index (χ4v) is 2.91. The largest absolute Gasteiger partial charge is 0.396 e. The van der Waals surface area contributed by atoms with Crippen molar-refractivity contribution in [2.75, 3.05) is 26.2 Å². The topological polar surface area (TPSA) is 55.7 Å². The van der Waals surface area contributed by atoms with Gasteiger partial charge in [-0.15, -0.1) is 0 Å². The first-order valence-corrected chi connectivity index (χ1v) is 8.00. The summed E-state index contributed by atoms with van der Waals surface area (Å²) in [5, 5.41) is 22.3. The lowest BCUT2D eigenvalue weighted by atomic mass is 10.00. The van der Waals surface area contributed by atoms with Crippen molar-refractivity contribution in [2.45, 2.75) is 44.9 Å². The second kappa shape index (κ2) is 8.49. The number of nitrogens with one attached hydrogen (secondary N) is 1. The molecule has 0 radical (unpaired) electrons. The van der Waals surface area contributed by atoms with E-state index in [0.717, 1.165) is 32.4 Å². The van der Waals surface area contributed by atoms with Crippen LogP contribution in [0.3, 0.4) is 0 Å². The number of fused-ring (bicyclic) bond motifs is 1. The molecule has 1 aromatic carbocycles. The van der Waals surface area contributed by atoms with Crippen LogP contribution in [0.15, 0.2) is 24.3 Å². The number of aliphatic hydroxyl groups excluding tert-OH is 2. The first-order chi connectivity index (χ1) is 10.2. The van der Waals surface area contributed by atoms with Crippen LogP contribution in [0.25, 0.3) is 0 Å². The minimum Gasteiger partial charge on any atom is -0.396 e. The molecule has 0 saturated heterocycles. The van der Waals surface area contributed by atoms with Crippen LogP contribution in [0.2, 0.25) is 0 Å². The summed E-state index contributed by atoms with van der Waals surface area (Å²) in [5.41, 5.74) is 2.83. The smallest absolute Gasteiger partial charge is 0.0791 e. The minimum atomic E-state index is -0.341. The van der Waals surface area contributed by atoms with Crippen LogP contribution in [-0.2, 0) is 13.0 Å². The molecule has 0 spiro atoms. The van der Waals surface area contributed by atoms with E-state index in [-0.39, 0.29) is 12.7 Å². The summed E-state index contributed by atoms with van der Waals surface area (Å²) in [4.78, 5) is 2.33. The third-order valence-electron chi connectivity index (χ3n) is 4.18. The van der Waals surface area contributed by atoms with Gasteiger partial charge in [-0.05, 0) is 37.3 Å². The van der Waals surface area contributed by atoms with Gasteiger partial charge in [0.15, 0.2) is 0 Å². The average Bonchev–Trinajstić information content (AvgIpc) is 2.50. The molecule has 3 N–H and O–H groups in total. The minimum absolute atomic E-state index is 0.238. The van der Waals surface area contributed by atoms with E-state index in [2.05, 4.69) is 41.4 Å². The molecule has 1 aliphatic heterocycles. The first-order valence-electron chi connectivity index (χ1n) is 8.00. The molecule has 0 fully saturated rings. The van der Waals surface area contributed by atoms with Crippen molar-refractivity contribution in [1.82, 2.24) is 10.2 Å². The van der Waals surface area contributed by atoms with E-state index in [1.807, 2.05) is 0 Å². The molecule has 0 aliphatic carbocycles. The summed E-state index contributed by atoms with van der Waals surface area (Å²) < 4.78 is 0. The monoisotopic (exact) mass is 292 g/mol. The summed E-state index contributed by atoms with van der Waals surface area (Å²) in [7, 11) is 0. The fourth-order valence-electron chi connectivity index (χ4n) is 2.91. The highest BCUT2D eigenvalue weighted by atomic mass is 16.3. The SMILES string of the molecule is CC(CCCO)NCC(O)CN1CCc2ccccc2C1. The first kappa shape index (κ1) is 16.4. The highest BCUT2D eigenvalue weighted by Crippen LogP contribution is 2.18. The highest BCUT2D eigenvalue weighted by molar-refractivity contribution is 5.29. The summed E-state index contributed by atoms with van der Waals surface area (Å²) in [6, 6.07) is 8.91. The third-order valence-corrected chi connectivity index (χ3v) is 4.18. The molecule has 4 heteroatoms.